The van der Waals surface area contributed by atoms with Crippen LogP contribution in [0.1, 0.15) is 22.3 Å². The Morgan fingerprint density at radius 3 is 2.25 bits per heavy atom. The SMILES string of the molecule is Cc1cc(C)c(CN(C)c2cc(Cl)ccc2N)c(C)c1. The van der Waals surface area contributed by atoms with Gasteiger partial charge in [-0.25, -0.2) is 0 Å². The molecular weight excluding hydrogens is 268 g/mol. The Hall–Kier alpha value is -1.67. The molecule has 2 rings (SSSR count). The van der Waals surface area contributed by atoms with E-state index in [1.54, 1.807) is 0 Å². The second-order valence-electron chi connectivity index (χ2n) is 5.44. The average Bonchev–Trinajstić information content (AvgIpc) is 2.36. The molecule has 106 valence electrons. The molecule has 0 bridgehead atoms. The standard InChI is InChI=1S/C17H21ClN2/c1-11-7-12(2)15(13(3)8-11)10-20(4)17-9-14(18)5-6-16(17)19/h5-9H,10,19H2,1-4H3. The molecule has 0 radical (unpaired) electrons. The van der Waals surface area contributed by atoms with Gasteiger partial charge in [0, 0.05) is 18.6 Å². The van der Waals surface area contributed by atoms with Crippen LogP contribution in [-0.4, -0.2) is 7.05 Å². The molecule has 0 heterocycles. The van der Waals surface area contributed by atoms with Gasteiger partial charge in [-0.1, -0.05) is 29.3 Å². The van der Waals surface area contributed by atoms with Crippen LogP contribution < -0.4 is 10.6 Å². The number of hydrogen-bond acceptors (Lipinski definition) is 2. The van der Waals surface area contributed by atoms with E-state index in [0.717, 1.165) is 17.9 Å². The molecule has 2 N–H and O–H groups in total. The van der Waals surface area contributed by atoms with E-state index in [1.807, 2.05) is 25.2 Å². The van der Waals surface area contributed by atoms with Gasteiger partial charge in [-0.2, -0.15) is 0 Å². The highest BCUT2D eigenvalue weighted by molar-refractivity contribution is 6.31. The van der Waals surface area contributed by atoms with Crippen LogP contribution in [-0.2, 0) is 6.54 Å². The molecule has 0 amide bonds. The van der Waals surface area contributed by atoms with Crippen LogP contribution in [0.5, 0.6) is 0 Å². The van der Waals surface area contributed by atoms with Gasteiger partial charge in [-0.3, -0.25) is 0 Å². The first-order chi connectivity index (χ1) is 9.38. The molecule has 0 aliphatic rings. The van der Waals surface area contributed by atoms with Crippen molar-refractivity contribution in [3.8, 4) is 0 Å². The molecule has 2 aromatic rings. The van der Waals surface area contributed by atoms with Crippen LogP contribution in [0.25, 0.3) is 0 Å². The highest BCUT2D eigenvalue weighted by Crippen LogP contribution is 2.28. The third-order valence-electron chi connectivity index (χ3n) is 3.64. The Balaban J connectivity index is 2.32. The maximum Gasteiger partial charge on any atom is 0.0615 e. The highest BCUT2D eigenvalue weighted by atomic mass is 35.5. The first kappa shape index (κ1) is 14.7. The summed E-state index contributed by atoms with van der Waals surface area (Å²) < 4.78 is 0. The van der Waals surface area contributed by atoms with Gasteiger partial charge in [0.25, 0.3) is 0 Å². The van der Waals surface area contributed by atoms with Gasteiger partial charge < -0.3 is 10.6 Å². The predicted octanol–water partition coefficient (Wildman–Crippen LogP) is 4.48. The van der Waals surface area contributed by atoms with Crippen LogP contribution in [0.3, 0.4) is 0 Å². The summed E-state index contributed by atoms with van der Waals surface area (Å²) in [6.07, 6.45) is 0. The summed E-state index contributed by atoms with van der Waals surface area (Å²) in [4.78, 5) is 2.14. The van der Waals surface area contributed by atoms with Crippen molar-refractivity contribution in [2.75, 3.05) is 17.7 Å². The minimum atomic E-state index is 0.707. The van der Waals surface area contributed by atoms with Gasteiger partial charge in [0.1, 0.15) is 0 Å². The summed E-state index contributed by atoms with van der Waals surface area (Å²) in [5, 5.41) is 0.707. The molecule has 0 atom stereocenters. The van der Waals surface area contributed by atoms with E-state index in [4.69, 9.17) is 17.3 Å². The molecule has 20 heavy (non-hydrogen) atoms. The molecule has 2 nitrogen and oxygen atoms in total. The molecule has 0 aliphatic heterocycles. The first-order valence-electron chi connectivity index (χ1n) is 6.71. The molecule has 0 saturated carbocycles. The molecule has 0 unspecified atom stereocenters. The minimum Gasteiger partial charge on any atom is -0.397 e. The lowest BCUT2D eigenvalue weighted by atomic mass is 9.99. The van der Waals surface area contributed by atoms with E-state index < -0.39 is 0 Å². The Morgan fingerprint density at radius 2 is 1.65 bits per heavy atom. The Kier molecular flexibility index (Phi) is 4.24. The normalized spacial score (nSPS) is 10.7. The Morgan fingerprint density at radius 1 is 1.05 bits per heavy atom. The van der Waals surface area contributed by atoms with Crippen molar-refractivity contribution in [2.24, 2.45) is 0 Å². The van der Waals surface area contributed by atoms with Crippen molar-refractivity contribution < 1.29 is 0 Å². The number of hydrogen-bond donors (Lipinski definition) is 1. The quantitative estimate of drug-likeness (QED) is 0.844. The zero-order valence-electron chi connectivity index (χ0n) is 12.5. The molecule has 0 fully saturated rings. The van der Waals surface area contributed by atoms with Crippen molar-refractivity contribution in [3.05, 3.63) is 57.6 Å². The van der Waals surface area contributed by atoms with Crippen molar-refractivity contribution >= 4 is 23.0 Å². The fourth-order valence-corrected chi connectivity index (χ4v) is 2.80. The molecular formula is C17H21ClN2. The van der Waals surface area contributed by atoms with Gasteiger partial charge in [0.05, 0.1) is 11.4 Å². The number of anilines is 2. The predicted molar refractivity (Wildman–Crippen MR) is 88.6 cm³/mol. The average molecular weight is 289 g/mol. The minimum absolute atomic E-state index is 0.707. The molecule has 0 aliphatic carbocycles. The van der Waals surface area contributed by atoms with Gasteiger partial charge >= 0.3 is 0 Å². The maximum absolute atomic E-state index is 6.06. The number of nitrogen functional groups attached to an aromatic ring is 1. The van der Waals surface area contributed by atoms with Crippen molar-refractivity contribution in [3.63, 3.8) is 0 Å². The second-order valence-corrected chi connectivity index (χ2v) is 5.87. The van der Waals surface area contributed by atoms with Crippen molar-refractivity contribution in [1.29, 1.82) is 0 Å². The zero-order valence-corrected chi connectivity index (χ0v) is 13.3. The monoisotopic (exact) mass is 288 g/mol. The molecule has 2 aromatic carbocycles. The highest BCUT2D eigenvalue weighted by Gasteiger charge is 2.10. The number of nitrogens with zero attached hydrogens (tertiary/aromatic N) is 1. The van der Waals surface area contributed by atoms with Gasteiger partial charge in [-0.15, -0.1) is 0 Å². The van der Waals surface area contributed by atoms with Crippen LogP contribution in [0.2, 0.25) is 5.02 Å². The summed E-state index contributed by atoms with van der Waals surface area (Å²) in [6, 6.07) is 10.0. The fraction of sp³-hybridized carbons (Fsp3) is 0.294. The zero-order chi connectivity index (χ0) is 14.9. The number of nitrogens with two attached hydrogens (primary N) is 1. The summed E-state index contributed by atoms with van der Waals surface area (Å²) in [7, 11) is 2.04. The summed E-state index contributed by atoms with van der Waals surface area (Å²) in [6.45, 7) is 7.26. The van der Waals surface area contributed by atoms with Crippen LogP contribution in [0.15, 0.2) is 30.3 Å². The largest absolute Gasteiger partial charge is 0.397 e. The van der Waals surface area contributed by atoms with Gasteiger partial charge in [0.2, 0.25) is 0 Å². The Bertz CT molecular complexity index is 612. The lowest BCUT2D eigenvalue weighted by Crippen LogP contribution is -2.19. The molecule has 0 saturated heterocycles. The smallest absolute Gasteiger partial charge is 0.0615 e. The van der Waals surface area contributed by atoms with Gasteiger partial charge in [0.15, 0.2) is 0 Å². The topological polar surface area (TPSA) is 29.3 Å². The molecule has 0 aromatic heterocycles. The first-order valence-corrected chi connectivity index (χ1v) is 7.09. The number of halogens is 1. The number of aryl methyl sites for hydroxylation is 3. The lowest BCUT2D eigenvalue weighted by molar-refractivity contribution is 0.905. The molecule has 0 spiro atoms. The Labute approximate surface area is 126 Å². The van der Waals surface area contributed by atoms with Crippen LogP contribution in [0, 0.1) is 20.8 Å². The van der Waals surface area contributed by atoms with E-state index in [2.05, 4.69) is 37.8 Å². The third kappa shape index (κ3) is 3.07. The van der Waals surface area contributed by atoms with Crippen molar-refractivity contribution in [1.82, 2.24) is 0 Å². The van der Waals surface area contributed by atoms with E-state index >= 15 is 0 Å². The summed E-state index contributed by atoms with van der Waals surface area (Å²) in [5.74, 6) is 0. The van der Waals surface area contributed by atoms with E-state index in [9.17, 15) is 0 Å². The summed E-state index contributed by atoms with van der Waals surface area (Å²) >= 11 is 6.06. The van der Waals surface area contributed by atoms with Crippen molar-refractivity contribution in [2.45, 2.75) is 27.3 Å². The maximum atomic E-state index is 6.06. The van der Waals surface area contributed by atoms with E-state index in [1.165, 1.54) is 22.3 Å². The third-order valence-corrected chi connectivity index (χ3v) is 3.87. The fourth-order valence-electron chi connectivity index (χ4n) is 2.63. The van der Waals surface area contributed by atoms with Crippen LogP contribution in [0.4, 0.5) is 11.4 Å². The number of rotatable bonds is 3. The molecule has 3 heteroatoms. The summed E-state index contributed by atoms with van der Waals surface area (Å²) in [5.41, 5.74) is 13.0. The number of benzene rings is 2. The second kappa shape index (κ2) is 5.76. The van der Waals surface area contributed by atoms with E-state index in [-0.39, 0.29) is 0 Å². The van der Waals surface area contributed by atoms with Crippen LogP contribution >= 0.6 is 11.6 Å². The van der Waals surface area contributed by atoms with E-state index in [0.29, 0.717) is 5.02 Å². The lowest BCUT2D eigenvalue weighted by Gasteiger charge is -2.24. The van der Waals surface area contributed by atoms with Gasteiger partial charge in [-0.05, 0) is 55.7 Å².